The number of rotatable bonds is 3. The van der Waals surface area contributed by atoms with Gasteiger partial charge in [0.25, 0.3) is 5.91 Å². The summed E-state index contributed by atoms with van der Waals surface area (Å²) in [6.07, 6.45) is 6.24. The molecule has 1 amide bonds. The molecule has 0 N–H and O–H groups in total. The van der Waals surface area contributed by atoms with Crippen molar-refractivity contribution in [2.24, 2.45) is 0 Å². The number of hydrogen-bond donors (Lipinski definition) is 0. The van der Waals surface area contributed by atoms with Gasteiger partial charge in [-0.1, -0.05) is 24.4 Å². The van der Waals surface area contributed by atoms with E-state index >= 15 is 0 Å². The highest BCUT2D eigenvalue weighted by Gasteiger charge is 2.27. The number of pyridine rings is 1. The van der Waals surface area contributed by atoms with Gasteiger partial charge in [0.1, 0.15) is 0 Å². The molecular weight excluding hydrogens is 248 g/mol. The Bertz CT molecular complexity index is 441. The highest BCUT2D eigenvalue weighted by Crippen LogP contribution is 2.26. The average molecular weight is 267 g/mol. The zero-order valence-corrected chi connectivity index (χ0v) is 11.7. The Kier molecular flexibility index (Phi) is 4.23. The zero-order valence-electron chi connectivity index (χ0n) is 10.9. The smallest absolute Gasteiger partial charge is 0.257 e. The maximum absolute atomic E-state index is 12.5. The zero-order chi connectivity index (χ0) is 13.1. The first kappa shape index (κ1) is 13.3. The second-order valence-corrected chi connectivity index (χ2v) is 5.24. The Morgan fingerprint density at radius 3 is 2.72 bits per heavy atom. The largest absolute Gasteiger partial charge is 0.336 e. The van der Waals surface area contributed by atoms with E-state index in [1.54, 1.807) is 12.3 Å². The molecule has 18 heavy (non-hydrogen) atoms. The molecule has 2 rings (SSSR count). The van der Waals surface area contributed by atoms with E-state index in [1.807, 2.05) is 18.7 Å². The van der Waals surface area contributed by atoms with E-state index in [-0.39, 0.29) is 5.91 Å². The van der Waals surface area contributed by atoms with Crippen LogP contribution in [0.15, 0.2) is 12.3 Å². The molecule has 1 aliphatic carbocycles. The Morgan fingerprint density at radius 1 is 1.50 bits per heavy atom. The molecule has 1 aliphatic rings. The van der Waals surface area contributed by atoms with Crippen molar-refractivity contribution < 1.29 is 4.79 Å². The van der Waals surface area contributed by atoms with Crippen LogP contribution in [0.25, 0.3) is 0 Å². The summed E-state index contributed by atoms with van der Waals surface area (Å²) in [7, 11) is 0. The Hall–Kier alpha value is -1.09. The first-order chi connectivity index (χ1) is 8.63. The predicted octanol–water partition coefficient (Wildman–Crippen LogP) is 3.45. The van der Waals surface area contributed by atoms with Crippen LogP contribution in [-0.2, 0) is 0 Å². The second kappa shape index (κ2) is 5.70. The Labute approximate surface area is 113 Å². The van der Waals surface area contributed by atoms with Gasteiger partial charge in [0, 0.05) is 24.5 Å². The molecule has 0 bridgehead atoms. The van der Waals surface area contributed by atoms with Gasteiger partial charge in [-0.2, -0.15) is 0 Å². The van der Waals surface area contributed by atoms with Crippen molar-refractivity contribution in [3.05, 3.63) is 28.5 Å². The van der Waals surface area contributed by atoms with E-state index in [0.29, 0.717) is 16.6 Å². The molecule has 98 valence electrons. The first-order valence-corrected chi connectivity index (χ1v) is 6.94. The lowest BCUT2D eigenvalue weighted by molar-refractivity contribution is 0.0693. The van der Waals surface area contributed by atoms with Crippen LogP contribution in [0.4, 0.5) is 0 Å². The maximum atomic E-state index is 12.5. The molecule has 0 aromatic carbocycles. The normalized spacial score (nSPS) is 15.9. The maximum Gasteiger partial charge on any atom is 0.257 e. The van der Waals surface area contributed by atoms with E-state index in [4.69, 9.17) is 11.6 Å². The molecular formula is C14H19ClN2O. The fourth-order valence-corrected chi connectivity index (χ4v) is 2.91. The molecule has 1 aromatic heterocycles. The average Bonchev–Trinajstić information content (AvgIpc) is 2.83. The molecule has 0 spiro atoms. The fourth-order valence-electron chi connectivity index (χ4n) is 2.62. The number of nitrogens with zero attached hydrogens (tertiary/aromatic N) is 2. The molecule has 1 aromatic rings. The first-order valence-electron chi connectivity index (χ1n) is 6.56. The van der Waals surface area contributed by atoms with E-state index in [2.05, 4.69) is 4.98 Å². The lowest BCUT2D eigenvalue weighted by atomic mass is 10.1. The lowest BCUT2D eigenvalue weighted by Crippen LogP contribution is -2.38. The van der Waals surface area contributed by atoms with Crippen LogP contribution in [-0.4, -0.2) is 28.4 Å². The molecule has 0 aliphatic heterocycles. The van der Waals surface area contributed by atoms with Crippen LogP contribution in [0, 0.1) is 6.92 Å². The van der Waals surface area contributed by atoms with Crippen molar-refractivity contribution in [1.29, 1.82) is 0 Å². The summed E-state index contributed by atoms with van der Waals surface area (Å²) in [5.41, 5.74) is 1.36. The van der Waals surface area contributed by atoms with Crippen molar-refractivity contribution in [3.63, 3.8) is 0 Å². The van der Waals surface area contributed by atoms with E-state index in [9.17, 15) is 4.79 Å². The molecule has 3 nitrogen and oxygen atoms in total. The third-order valence-electron chi connectivity index (χ3n) is 3.59. The summed E-state index contributed by atoms with van der Waals surface area (Å²) in [6, 6.07) is 2.12. The van der Waals surface area contributed by atoms with Gasteiger partial charge in [0.15, 0.2) is 0 Å². The lowest BCUT2D eigenvalue weighted by Gasteiger charge is -2.28. The van der Waals surface area contributed by atoms with Crippen molar-refractivity contribution in [3.8, 4) is 0 Å². The Balaban J connectivity index is 2.22. The van der Waals surface area contributed by atoms with Crippen molar-refractivity contribution >= 4 is 17.5 Å². The minimum atomic E-state index is 0.0156. The summed E-state index contributed by atoms with van der Waals surface area (Å²) >= 11 is 6.14. The number of halogens is 1. The monoisotopic (exact) mass is 266 g/mol. The SMILES string of the molecule is CCN(C(=O)c1cnc(C)cc1Cl)C1CCCC1. The third kappa shape index (κ3) is 2.66. The topological polar surface area (TPSA) is 33.2 Å². The molecule has 0 atom stereocenters. The van der Waals surface area contributed by atoms with Gasteiger partial charge in [0.2, 0.25) is 0 Å². The van der Waals surface area contributed by atoms with Gasteiger partial charge >= 0.3 is 0 Å². The van der Waals surface area contributed by atoms with E-state index < -0.39 is 0 Å². The van der Waals surface area contributed by atoms with Crippen LogP contribution in [0.2, 0.25) is 5.02 Å². The number of aromatic nitrogens is 1. The molecule has 4 heteroatoms. The number of carbonyl (C=O) groups is 1. The van der Waals surface area contributed by atoms with Crippen LogP contribution in [0.1, 0.15) is 48.7 Å². The second-order valence-electron chi connectivity index (χ2n) is 4.83. The highest BCUT2D eigenvalue weighted by atomic mass is 35.5. The van der Waals surface area contributed by atoms with Crippen LogP contribution < -0.4 is 0 Å². The minimum Gasteiger partial charge on any atom is -0.336 e. The van der Waals surface area contributed by atoms with Gasteiger partial charge in [-0.05, 0) is 32.8 Å². The third-order valence-corrected chi connectivity index (χ3v) is 3.90. The summed E-state index contributed by atoms with van der Waals surface area (Å²) in [4.78, 5) is 18.6. The van der Waals surface area contributed by atoms with Gasteiger partial charge in [-0.15, -0.1) is 0 Å². The fraction of sp³-hybridized carbons (Fsp3) is 0.571. The summed E-state index contributed by atoms with van der Waals surface area (Å²) < 4.78 is 0. The number of amides is 1. The van der Waals surface area contributed by atoms with Crippen LogP contribution in [0.5, 0.6) is 0 Å². The quantitative estimate of drug-likeness (QED) is 0.840. The number of carbonyl (C=O) groups excluding carboxylic acids is 1. The van der Waals surface area contributed by atoms with Crippen LogP contribution >= 0.6 is 11.6 Å². The Morgan fingerprint density at radius 2 is 2.17 bits per heavy atom. The molecule has 1 heterocycles. The highest BCUT2D eigenvalue weighted by molar-refractivity contribution is 6.33. The molecule has 0 unspecified atom stereocenters. The van der Waals surface area contributed by atoms with Crippen molar-refractivity contribution in [2.75, 3.05) is 6.54 Å². The van der Waals surface area contributed by atoms with E-state index in [1.165, 1.54) is 12.8 Å². The minimum absolute atomic E-state index is 0.0156. The summed E-state index contributed by atoms with van der Waals surface area (Å²) in [5.74, 6) is 0.0156. The molecule has 1 fully saturated rings. The van der Waals surface area contributed by atoms with Crippen molar-refractivity contribution in [2.45, 2.75) is 45.6 Å². The van der Waals surface area contributed by atoms with Gasteiger partial charge < -0.3 is 4.90 Å². The molecule has 0 saturated heterocycles. The standard InChI is InChI=1S/C14H19ClN2O/c1-3-17(11-6-4-5-7-11)14(18)12-9-16-10(2)8-13(12)15/h8-9,11H,3-7H2,1-2H3. The van der Waals surface area contributed by atoms with Crippen LogP contribution in [0.3, 0.4) is 0 Å². The van der Waals surface area contributed by atoms with Gasteiger partial charge in [-0.25, -0.2) is 0 Å². The summed E-state index contributed by atoms with van der Waals surface area (Å²) in [6.45, 7) is 4.62. The van der Waals surface area contributed by atoms with Crippen molar-refractivity contribution in [1.82, 2.24) is 9.88 Å². The summed E-state index contributed by atoms with van der Waals surface area (Å²) in [5, 5.41) is 0.504. The molecule has 0 radical (unpaired) electrons. The van der Waals surface area contributed by atoms with Gasteiger partial charge in [-0.3, -0.25) is 9.78 Å². The predicted molar refractivity (Wildman–Crippen MR) is 73.0 cm³/mol. The number of hydrogen-bond acceptors (Lipinski definition) is 2. The van der Waals surface area contributed by atoms with Gasteiger partial charge in [0.05, 0.1) is 10.6 Å². The van der Waals surface area contributed by atoms with E-state index in [0.717, 1.165) is 25.1 Å². The molecule has 1 saturated carbocycles. The number of aryl methyl sites for hydroxylation is 1.